The molecule has 0 aliphatic heterocycles. The van der Waals surface area contributed by atoms with Gasteiger partial charge in [-0.05, 0) is 67.6 Å². The molecule has 7 nitrogen and oxygen atoms in total. The SMILES string of the molecule is CCOc1ccc(-c2nc3cc(N=CC=Cc4ccccc4[N+](=O)[O-])ccc3o2)cc1. The van der Waals surface area contributed by atoms with Gasteiger partial charge in [0.15, 0.2) is 5.58 Å². The average molecular weight is 413 g/mol. The average Bonchev–Trinajstić information content (AvgIpc) is 3.21. The summed E-state index contributed by atoms with van der Waals surface area (Å²) in [6.45, 7) is 2.55. The van der Waals surface area contributed by atoms with Crippen LogP contribution in [0.3, 0.4) is 0 Å². The zero-order chi connectivity index (χ0) is 21.6. The number of aromatic nitrogens is 1. The summed E-state index contributed by atoms with van der Waals surface area (Å²) in [5.41, 5.74) is 3.49. The van der Waals surface area contributed by atoms with Crippen molar-refractivity contribution < 1.29 is 14.1 Å². The normalized spacial score (nSPS) is 11.5. The largest absolute Gasteiger partial charge is 0.494 e. The van der Waals surface area contributed by atoms with E-state index in [1.54, 1.807) is 36.6 Å². The van der Waals surface area contributed by atoms with Gasteiger partial charge in [0.1, 0.15) is 11.3 Å². The summed E-state index contributed by atoms with van der Waals surface area (Å²) in [5.74, 6) is 1.32. The number of nitro benzene ring substituents is 1. The van der Waals surface area contributed by atoms with E-state index in [1.807, 2.05) is 49.4 Å². The van der Waals surface area contributed by atoms with Crippen LogP contribution in [0.15, 0.2) is 82.2 Å². The number of fused-ring (bicyclic) bond motifs is 1. The number of benzene rings is 3. The third-order valence-electron chi connectivity index (χ3n) is 4.50. The molecule has 3 aromatic carbocycles. The third-order valence-corrected chi connectivity index (χ3v) is 4.50. The quantitative estimate of drug-likeness (QED) is 0.204. The topological polar surface area (TPSA) is 90.8 Å². The molecule has 0 spiro atoms. The molecule has 1 heterocycles. The summed E-state index contributed by atoms with van der Waals surface area (Å²) in [5, 5.41) is 11.1. The number of aliphatic imine (C=N–C) groups is 1. The molecular weight excluding hydrogens is 394 g/mol. The highest BCUT2D eigenvalue weighted by molar-refractivity contribution is 5.84. The van der Waals surface area contributed by atoms with Gasteiger partial charge in [0, 0.05) is 17.8 Å². The second-order valence-electron chi connectivity index (χ2n) is 6.58. The van der Waals surface area contributed by atoms with Crippen LogP contribution >= 0.6 is 0 Å². The Kier molecular flexibility index (Phi) is 5.84. The fourth-order valence-electron chi connectivity index (χ4n) is 3.05. The minimum atomic E-state index is -0.405. The van der Waals surface area contributed by atoms with E-state index < -0.39 is 4.92 Å². The Balaban J connectivity index is 1.51. The van der Waals surface area contributed by atoms with Crippen molar-refractivity contribution in [2.75, 3.05) is 6.61 Å². The standard InChI is InChI=1S/C24H19N3O4/c1-2-30-20-12-9-18(10-13-20)24-26-21-16-19(11-14-23(21)31-24)25-15-5-7-17-6-3-4-8-22(17)27(28)29/h3-16H,2H2,1H3. The Morgan fingerprint density at radius 3 is 2.71 bits per heavy atom. The van der Waals surface area contributed by atoms with Gasteiger partial charge in [-0.1, -0.05) is 12.1 Å². The summed E-state index contributed by atoms with van der Waals surface area (Å²) in [4.78, 5) is 19.6. The van der Waals surface area contributed by atoms with Gasteiger partial charge in [0.2, 0.25) is 5.89 Å². The number of rotatable bonds is 7. The van der Waals surface area contributed by atoms with Crippen molar-refractivity contribution in [2.24, 2.45) is 4.99 Å². The van der Waals surface area contributed by atoms with Gasteiger partial charge in [-0.2, -0.15) is 0 Å². The molecule has 7 heteroatoms. The molecule has 4 rings (SSSR count). The minimum absolute atomic E-state index is 0.0537. The predicted molar refractivity (Wildman–Crippen MR) is 121 cm³/mol. The van der Waals surface area contributed by atoms with Crippen LogP contribution in [0.2, 0.25) is 0 Å². The highest BCUT2D eigenvalue weighted by atomic mass is 16.6. The number of para-hydroxylation sites is 1. The third kappa shape index (κ3) is 4.67. The fourth-order valence-corrected chi connectivity index (χ4v) is 3.05. The summed E-state index contributed by atoms with van der Waals surface area (Å²) in [7, 11) is 0. The van der Waals surface area contributed by atoms with E-state index in [0.717, 1.165) is 11.3 Å². The number of allylic oxidation sites excluding steroid dienone is 1. The van der Waals surface area contributed by atoms with Crippen molar-refractivity contribution in [3.05, 3.63) is 88.5 Å². The van der Waals surface area contributed by atoms with E-state index in [1.165, 1.54) is 6.07 Å². The molecule has 0 N–H and O–H groups in total. The van der Waals surface area contributed by atoms with Crippen LogP contribution < -0.4 is 4.74 Å². The molecule has 0 saturated carbocycles. The lowest BCUT2D eigenvalue weighted by Crippen LogP contribution is -1.90. The minimum Gasteiger partial charge on any atom is -0.494 e. The molecule has 0 bridgehead atoms. The first-order valence-electron chi connectivity index (χ1n) is 9.72. The molecule has 0 aliphatic carbocycles. The first kappa shape index (κ1) is 20.0. The molecule has 1 aromatic heterocycles. The van der Waals surface area contributed by atoms with E-state index >= 15 is 0 Å². The lowest BCUT2D eigenvalue weighted by Gasteiger charge is -2.02. The maximum atomic E-state index is 11.1. The smallest absolute Gasteiger partial charge is 0.276 e. The molecule has 0 saturated heterocycles. The van der Waals surface area contributed by atoms with Crippen LogP contribution in [0.5, 0.6) is 5.75 Å². The van der Waals surface area contributed by atoms with E-state index in [9.17, 15) is 10.1 Å². The zero-order valence-corrected chi connectivity index (χ0v) is 16.8. The molecule has 154 valence electrons. The molecular formula is C24H19N3O4. The maximum Gasteiger partial charge on any atom is 0.276 e. The van der Waals surface area contributed by atoms with Crippen LogP contribution in [0.4, 0.5) is 11.4 Å². The van der Waals surface area contributed by atoms with Gasteiger partial charge in [-0.3, -0.25) is 15.1 Å². The molecule has 0 atom stereocenters. The van der Waals surface area contributed by atoms with Crippen molar-refractivity contribution in [2.45, 2.75) is 6.92 Å². The maximum absolute atomic E-state index is 11.1. The number of nitrogens with zero attached hydrogens (tertiary/aromatic N) is 3. The summed E-state index contributed by atoms with van der Waals surface area (Å²) in [6, 6.07) is 19.6. The van der Waals surface area contributed by atoms with Gasteiger partial charge < -0.3 is 9.15 Å². The van der Waals surface area contributed by atoms with Crippen LogP contribution in [0, 0.1) is 10.1 Å². The highest BCUT2D eigenvalue weighted by Gasteiger charge is 2.10. The summed E-state index contributed by atoms with van der Waals surface area (Å²) >= 11 is 0. The Morgan fingerprint density at radius 2 is 1.94 bits per heavy atom. The fraction of sp³-hybridized carbons (Fsp3) is 0.0833. The van der Waals surface area contributed by atoms with Crippen molar-refractivity contribution in [3.63, 3.8) is 0 Å². The molecule has 31 heavy (non-hydrogen) atoms. The number of hydrogen-bond acceptors (Lipinski definition) is 6. The van der Waals surface area contributed by atoms with Gasteiger partial charge in [0.05, 0.1) is 22.8 Å². The van der Waals surface area contributed by atoms with Crippen molar-refractivity contribution >= 4 is 34.8 Å². The van der Waals surface area contributed by atoms with E-state index in [-0.39, 0.29) is 5.69 Å². The Labute approximate surface area is 178 Å². The molecule has 0 radical (unpaired) electrons. The lowest BCUT2D eigenvalue weighted by atomic mass is 10.1. The number of ether oxygens (including phenoxy) is 1. The molecule has 0 aliphatic rings. The monoisotopic (exact) mass is 413 g/mol. The van der Waals surface area contributed by atoms with Gasteiger partial charge in [0.25, 0.3) is 5.69 Å². The van der Waals surface area contributed by atoms with Gasteiger partial charge >= 0.3 is 0 Å². The van der Waals surface area contributed by atoms with Crippen molar-refractivity contribution in [1.29, 1.82) is 0 Å². The second kappa shape index (κ2) is 9.04. The highest BCUT2D eigenvalue weighted by Crippen LogP contribution is 2.28. The Morgan fingerprint density at radius 1 is 1.13 bits per heavy atom. The molecule has 4 aromatic rings. The molecule has 0 amide bonds. The van der Waals surface area contributed by atoms with Crippen LogP contribution in [0.1, 0.15) is 12.5 Å². The van der Waals surface area contributed by atoms with Gasteiger partial charge in [-0.15, -0.1) is 0 Å². The number of oxazole rings is 1. The van der Waals surface area contributed by atoms with Crippen LogP contribution in [-0.2, 0) is 0 Å². The number of nitro groups is 1. The van der Waals surface area contributed by atoms with Crippen molar-refractivity contribution in [3.8, 4) is 17.2 Å². The van der Waals surface area contributed by atoms with E-state index in [2.05, 4.69) is 9.98 Å². The molecule has 0 fully saturated rings. The predicted octanol–water partition coefficient (Wildman–Crippen LogP) is 6.22. The Bertz CT molecular complexity index is 1270. The van der Waals surface area contributed by atoms with Crippen LogP contribution in [0.25, 0.3) is 28.6 Å². The van der Waals surface area contributed by atoms with Crippen molar-refractivity contribution in [1.82, 2.24) is 4.98 Å². The zero-order valence-electron chi connectivity index (χ0n) is 16.8. The van der Waals surface area contributed by atoms with Crippen LogP contribution in [-0.4, -0.2) is 22.7 Å². The van der Waals surface area contributed by atoms with E-state index in [0.29, 0.717) is 34.8 Å². The summed E-state index contributed by atoms with van der Waals surface area (Å²) < 4.78 is 11.3. The first-order chi connectivity index (χ1) is 15.1. The lowest BCUT2D eigenvalue weighted by molar-refractivity contribution is -0.385. The van der Waals surface area contributed by atoms with E-state index in [4.69, 9.17) is 9.15 Å². The number of hydrogen-bond donors (Lipinski definition) is 0. The van der Waals surface area contributed by atoms with Gasteiger partial charge in [-0.25, -0.2) is 4.98 Å². The molecule has 0 unspecified atom stereocenters. The second-order valence-corrected chi connectivity index (χ2v) is 6.58. The first-order valence-corrected chi connectivity index (χ1v) is 9.72. The Hall–Kier alpha value is -4.26. The summed E-state index contributed by atoms with van der Waals surface area (Å²) in [6.07, 6.45) is 4.91.